The van der Waals surface area contributed by atoms with E-state index in [4.69, 9.17) is 4.42 Å². The van der Waals surface area contributed by atoms with Crippen LogP contribution in [0.15, 0.2) is 56.8 Å². The maximum Gasteiger partial charge on any atom is 1.00 e. The molecule has 1 amide bonds. The monoisotopic (exact) mass is 408 g/mol. The maximum atomic E-state index is 12.3. The number of rotatable bonds is 5. The van der Waals surface area contributed by atoms with Crippen molar-refractivity contribution >= 4 is 23.6 Å². The van der Waals surface area contributed by atoms with Gasteiger partial charge >= 0.3 is 29.6 Å². The first kappa shape index (κ1) is 21.1. The number of aromatic nitrogens is 1. The van der Waals surface area contributed by atoms with Gasteiger partial charge in [0.25, 0.3) is 5.22 Å². The number of aliphatic hydroxyl groups excluding tert-OH is 1. The molecule has 0 aliphatic carbocycles. The first-order chi connectivity index (χ1) is 12.9. The number of β-lactam (4-membered cyclic amide) rings is 1. The van der Waals surface area contributed by atoms with Crippen LogP contribution in [0.1, 0.15) is 13.8 Å². The Hall–Kier alpha value is -1.58. The second kappa shape index (κ2) is 8.04. The number of oxazole rings is 1. The zero-order valence-corrected chi connectivity index (χ0v) is 18.5. The maximum absolute atomic E-state index is 12.3. The minimum Gasteiger partial charge on any atom is -0.543 e. The quantitative estimate of drug-likeness (QED) is 0.462. The number of carbonyl (C=O) groups excluding carboxylic acids is 2. The fraction of sp³-hybridized carbons (Fsp3) is 0.316. The van der Waals surface area contributed by atoms with Crippen LogP contribution < -0.4 is 34.7 Å². The number of hydrogen-bond donors (Lipinski definition) is 1. The first-order valence-corrected chi connectivity index (χ1v) is 9.37. The van der Waals surface area contributed by atoms with Crippen molar-refractivity contribution in [2.75, 3.05) is 0 Å². The van der Waals surface area contributed by atoms with Crippen molar-refractivity contribution in [1.82, 2.24) is 9.88 Å². The Morgan fingerprint density at radius 2 is 2.04 bits per heavy atom. The summed E-state index contributed by atoms with van der Waals surface area (Å²) >= 11 is 1.08. The number of thioether (sulfide) groups is 1. The van der Waals surface area contributed by atoms with E-state index >= 15 is 0 Å². The summed E-state index contributed by atoms with van der Waals surface area (Å²) in [5, 5.41) is 21.9. The van der Waals surface area contributed by atoms with Crippen molar-refractivity contribution < 1.29 is 53.8 Å². The van der Waals surface area contributed by atoms with E-state index in [1.807, 2.05) is 37.3 Å². The molecule has 7 nitrogen and oxygen atoms in total. The van der Waals surface area contributed by atoms with Crippen LogP contribution in [-0.4, -0.2) is 39.0 Å². The number of carboxylic acid groups (broad SMARTS) is 1. The van der Waals surface area contributed by atoms with E-state index in [0.717, 1.165) is 17.3 Å². The van der Waals surface area contributed by atoms with Crippen molar-refractivity contribution in [2.24, 2.45) is 11.8 Å². The van der Waals surface area contributed by atoms with Crippen LogP contribution >= 0.6 is 11.8 Å². The molecule has 0 bridgehead atoms. The molecule has 3 heterocycles. The second-order valence-corrected chi connectivity index (χ2v) is 7.71. The molecule has 2 aromatic rings. The summed E-state index contributed by atoms with van der Waals surface area (Å²) in [6, 6.07) is 9.08. The van der Waals surface area contributed by atoms with Gasteiger partial charge < -0.3 is 24.3 Å². The predicted octanol–water partition coefficient (Wildman–Crippen LogP) is -1.74. The summed E-state index contributed by atoms with van der Waals surface area (Å²) in [5.74, 6) is -2.70. The SMILES string of the molecule is CC(O)C1C(=O)N2C(C(=O)[O-])=C(Sc3nc(-c4ccccc4)co3)C(C)C12.[Na+]. The van der Waals surface area contributed by atoms with Gasteiger partial charge in [-0.05, 0) is 18.7 Å². The molecule has 0 radical (unpaired) electrons. The van der Waals surface area contributed by atoms with Gasteiger partial charge in [0.05, 0.1) is 29.7 Å². The Bertz CT molecular complexity index is 943. The molecule has 0 spiro atoms. The normalized spacial score (nSPS) is 24.5. The van der Waals surface area contributed by atoms with Gasteiger partial charge in [0.2, 0.25) is 5.91 Å². The van der Waals surface area contributed by atoms with E-state index in [1.165, 1.54) is 18.1 Å². The molecule has 4 atom stereocenters. The van der Waals surface area contributed by atoms with Gasteiger partial charge in [-0.1, -0.05) is 37.3 Å². The summed E-state index contributed by atoms with van der Waals surface area (Å²) in [6.07, 6.45) is 0.662. The average molecular weight is 408 g/mol. The van der Waals surface area contributed by atoms with Crippen LogP contribution in [0.4, 0.5) is 0 Å². The predicted molar refractivity (Wildman–Crippen MR) is 94.8 cm³/mol. The number of carbonyl (C=O) groups is 2. The average Bonchev–Trinajstić information content (AvgIpc) is 3.18. The molecule has 1 aromatic carbocycles. The zero-order valence-electron chi connectivity index (χ0n) is 15.7. The van der Waals surface area contributed by atoms with Gasteiger partial charge in [0.1, 0.15) is 12.0 Å². The second-order valence-electron chi connectivity index (χ2n) is 6.72. The standard InChI is InChI=1S/C19H18N2O5S.Na/c1-9-14-13(10(2)22)17(23)21(14)15(18(24)25)16(9)27-19-20-12(8-26-19)11-6-4-3-5-7-11;/h3-10,13-14,22H,1-2H3,(H,24,25);/q;+1/p-1. The Balaban J connectivity index is 0.00000225. The first-order valence-electron chi connectivity index (χ1n) is 8.55. The molecule has 1 aromatic heterocycles. The van der Waals surface area contributed by atoms with E-state index in [1.54, 1.807) is 0 Å². The number of fused-ring (bicyclic) bond motifs is 1. The van der Waals surface area contributed by atoms with Gasteiger partial charge in [-0.15, -0.1) is 0 Å². The van der Waals surface area contributed by atoms with Gasteiger partial charge in [0, 0.05) is 16.4 Å². The topological polar surface area (TPSA) is 107 Å². The molecule has 1 fully saturated rings. The van der Waals surface area contributed by atoms with Crippen LogP contribution in [-0.2, 0) is 9.59 Å². The minimum absolute atomic E-state index is 0. The molecular weight excluding hydrogens is 391 g/mol. The third kappa shape index (κ3) is 3.33. The van der Waals surface area contributed by atoms with Crippen LogP contribution in [0.5, 0.6) is 0 Å². The largest absolute Gasteiger partial charge is 1.00 e. The van der Waals surface area contributed by atoms with Gasteiger partial charge in [0.15, 0.2) is 0 Å². The van der Waals surface area contributed by atoms with Crippen molar-refractivity contribution in [3.05, 3.63) is 47.2 Å². The number of benzene rings is 1. The fourth-order valence-electron chi connectivity index (χ4n) is 3.79. The van der Waals surface area contributed by atoms with Crippen molar-refractivity contribution in [1.29, 1.82) is 0 Å². The van der Waals surface area contributed by atoms with Gasteiger partial charge in [-0.3, -0.25) is 4.79 Å². The molecule has 140 valence electrons. The Labute approximate surface area is 188 Å². The molecule has 2 aliphatic rings. The summed E-state index contributed by atoms with van der Waals surface area (Å²) in [4.78, 5) is 30.1. The van der Waals surface area contributed by atoms with Crippen LogP contribution in [0.25, 0.3) is 11.3 Å². The molecule has 9 heteroatoms. The van der Waals surface area contributed by atoms with Crippen molar-refractivity contribution in [2.45, 2.75) is 31.2 Å². The third-order valence-electron chi connectivity index (χ3n) is 5.05. The summed E-state index contributed by atoms with van der Waals surface area (Å²) < 4.78 is 5.50. The number of hydrogen-bond acceptors (Lipinski definition) is 7. The minimum atomic E-state index is -1.42. The number of nitrogens with zero attached hydrogens (tertiary/aromatic N) is 2. The fourth-order valence-corrected chi connectivity index (χ4v) is 4.82. The van der Waals surface area contributed by atoms with Crippen LogP contribution in [0.3, 0.4) is 0 Å². The van der Waals surface area contributed by atoms with Crippen molar-refractivity contribution in [3.8, 4) is 11.3 Å². The summed E-state index contributed by atoms with van der Waals surface area (Å²) in [6.45, 7) is 3.37. The van der Waals surface area contributed by atoms with E-state index in [0.29, 0.717) is 10.6 Å². The molecule has 4 unspecified atom stereocenters. The molecule has 28 heavy (non-hydrogen) atoms. The molecule has 2 aliphatic heterocycles. The summed E-state index contributed by atoms with van der Waals surface area (Å²) in [5.41, 5.74) is 1.37. The molecule has 1 N–H and O–H groups in total. The van der Waals surface area contributed by atoms with Crippen LogP contribution in [0, 0.1) is 11.8 Å². The Morgan fingerprint density at radius 1 is 1.36 bits per heavy atom. The molecular formula is C19H17N2NaO5S. The smallest absolute Gasteiger partial charge is 0.543 e. The number of aliphatic hydroxyl groups is 1. The van der Waals surface area contributed by atoms with E-state index < -0.39 is 29.9 Å². The zero-order chi connectivity index (χ0) is 19.3. The molecule has 4 rings (SSSR count). The Kier molecular flexibility index (Phi) is 6.07. The molecule has 1 saturated heterocycles. The summed E-state index contributed by atoms with van der Waals surface area (Å²) in [7, 11) is 0. The number of aliphatic carboxylic acids is 1. The Morgan fingerprint density at radius 3 is 2.64 bits per heavy atom. The van der Waals surface area contributed by atoms with Gasteiger partial charge in [-0.2, -0.15) is 0 Å². The van der Waals surface area contributed by atoms with E-state index in [2.05, 4.69) is 4.98 Å². The van der Waals surface area contributed by atoms with Crippen LogP contribution in [0.2, 0.25) is 0 Å². The van der Waals surface area contributed by atoms with Crippen molar-refractivity contribution in [3.63, 3.8) is 0 Å². The third-order valence-corrected chi connectivity index (χ3v) is 6.20. The number of carboxylic acids is 1. The molecule has 0 saturated carbocycles. The van der Waals surface area contributed by atoms with E-state index in [9.17, 15) is 19.8 Å². The number of amides is 1. The van der Waals surface area contributed by atoms with Gasteiger partial charge in [-0.25, -0.2) is 4.98 Å². The van der Waals surface area contributed by atoms with E-state index in [-0.39, 0.29) is 46.4 Å².